The minimum absolute atomic E-state index is 0.100. The minimum Gasteiger partial charge on any atom is -0.351 e. The van der Waals surface area contributed by atoms with E-state index in [0.29, 0.717) is 17.0 Å². The van der Waals surface area contributed by atoms with Gasteiger partial charge in [-0.05, 0) is 51.0 Å². The van der Waals surface area contributed by atoms with Crippen molar-refractivity contribution in [2.75, 3.05) is 13.1 Å². The van der Waals surface area contributed by atoms with Crippen molar-refractivity contribution in [1.82, 2.24) is 20.2 Å². The van der Waals surface area contributed by atoms with E-state index in [9.17, 15) is 13.2 Å². The van der Waals surface area contributed by atoms with Gasteiger partial charge in [0.2, 0.25) is 10.0 Å². The zero-order valence-electron chi connectivity index (χ0n) is 14.2. The van der Waals surface area contributed by atoms with Crippen molar-refractivity contribution in [3.63, 3.8) is 0 Å². The molecule has 2 rings (SSSR count). The summed E-state index contributed by atoms with van der Waals surface area (Å²) in [5.74, 6) is -0.229. The molecule has 7 nitrogen and oxygen atoms in total. The van der Waals surface area contributed by atoms with Gasteiger partial charge in [0.15, 0.2) is 0 Å². The van der Waals surface area contributed by atoms with Crippen molar-refractivity contribution in [1.29, 1.82) is 0 Å². The summed E-state index contributed by atoms with van der Waals surface area (Å²) in [4.78, 5) is 12.2. The maximum absolute atomic E-state index is 12.2. The molecule has 0 aliphatic rings. The topological polar surface area (TPSA) is 104 Å². The van der Waals surface area contributed by atoms with Crippen molar-refractivity contribution < 1.29 is 13.2 Å². The molecule has 0 atom stereocenters. The van der Waals surface area contributed by atoms with Crippen molar-refractivity contribution in [3.05, 3.63) is 46.3 Å². The Morgan fingerprint density at radius 1 is 1.12 bits per heavy atom. The van der Waals surface area contributed by atoms with Crippen LogP contribution in [0.15, 0.2) is 23.1 Å². The van der Waals surface area contributed by atoms with Crippen molar-refractivity contribution in [2.45, 2.75) is 32.6 Å². The summed E-state index contributed by atoms with van der Waals surface area (Å²) in [6.07, 6.45) is 0. The van der Waals surface area contributed by atoms with Crippen LogP contribution in [-0.2, 0) is 10.0 Å². The molecule has 1 heterocycles. The van der Waals surface area contributed by atoms with Crippen LogP contribution >= 0.6 is 0 Å². The van der Waals surface area contributed by atoms with Crippen LogP contribution in [0.25, 0.3) is 0 Å². The Hall–Kier alpha value is -2.19. The number of hydrogen-bond donors (Lipinski definition) is 3. The Morgan fingerprint density at radius 2 is 1.83 bits per heavy atom. The summed E-state index contributed by atoms with van der Waals surface area (Å²) in [6.45, 7) is 7.49. The Balaban J connectivity index is 1.90. The van der Waals surface area contributed by atoms with Crippen molar-refractivity contribution in [2.24, 2.45) is 0 Å². The number of sulfonamides is 1. The number of rotatable bonds is 6. The van der Waals surface area contributed by atoms with Gasteiger partial charge in [-0.3, -0.25) is 9.89 Å². The minimum atomic E-state index is -3.65. The van der Waals surface area contributed by atoms with Crippen LogP contribution in [0.5, 0.6) is 0 Å². The maximum atomic E-state index is 12.2. The van der Waals surface area contributed by atoms with Gasteiger partial charge < -0.3 is 5.32 Å². The standard InChI is InChI=1S/C16H22N4O3S/c1-10-5-6-14(9-11(10)2)16(21)17-7-8-18-24(22,23)15-12(3)19-20-13(15)4/h5-6,9,18H,7-8H2,1-4H3,(H,17,21)(H,19,20). The molecule has 0 aliphatic heterocycles. The maximum Gasteiger partial charge on any atom is 0.251 e. The van der Waals surface area contributed by atoms with Gasteiger partial charge in [-0.15, -0.1) is 0 Å². The second kappa shape index (κ2) is 7.14. The molecule has 0 aliphatic carbocycles. The van der Waals surface area contributed by atoms with E-state index in [1.54, 1.807) is 19.9 Å². The van der Waals surface area contributed by atoms with Crippen LogP contribution in [0.2, 0.25) is 0 Å². The number of hydrogen-bond acceptors (Lipinski definition) is 4. The van der Waals surface area contributed by atoms with Crippen LogP contribution in [0.4, 0.5) is 0 Å². The average molecular weight is 350 g/mol. The third-order valence-corrected chi connectivity index (χ3v) is 5.52. The number of carbonyl (C=O) groups is 1. The fourth-order valence-corrected chi connectivity index (χ4v) is 3.75. The van der Waals surface area contributed by atoms with Crippen LogP contribution in [0.1, 0.15) is 32.9 Å². The summed E-state index contributed by atoms with van der Waals surface area (Å²) in [6, 6.07) is 5.45. The van der Waals surface area contributed by atoms with E-state index in [1.807, 2.05) is 26.0 Å². The highest BCUT2D eigenvalue weighted by Gasteiger charge is 2.21. The quantitative estimate of drug-likeness (QED) is 0.684. The Kier molecular flexibility index (Phi) is 5.40. The predicted molar refractivity (Wildman–Crippen MR) is 91.5 cm³/mol. The Labute approximate surface area is 141 Å². The number of nitrogens with zero attached hydrogens (tertiary/aromatic N) is 1. The molecule has 0 radical (unpaired) electrons. The third kappa shape index (κ3) is 4.01. The first-order valence-electron chi connectivity index (χ1n) is 7.59. The monoisotopic (exact) mass is 350 g/mol. The van der Waals surface area contributed by atoms with Crippen molar-refractivity contribution >= 4 is 15.9 Å². The summed E-state index contributed by atoms with van der Waals surface area (Å²) in [5, 5.41) is 9.23. The molecule has 1 amide bonds. The predicted octanol–water partition coefficient (Wildman–Crippen LogP) is 1.35. The number of amides is 1. The number of aromatic nitrogens is 2. The molecule has 0 fully saturated rings. The Bertz CT molecular complexity index is 837. The van der Waals surface area contributed by atoms with E-state index in [1.165, 1.54) is 0 Å². The number of benzene rings is 1. The molecule has 1 aromatic heterocycles. The van der Waals surface area contributed by atoms with Gasteiger partial charge >= 0.3 is 0 Å². The average Bonchev–Trinajstić information content (AvgIpc) is 2.86. The summed E-state index contributed by atoms with van der Waals surface area (Å²) in [5.41, 5.74) is 3.61. The Morgan fingerprint density at radius 3 is 2.42 bits per heavy atom. The van der Waals surface area contributed by atoms with Gasteiger partial charge in [0, 0.05) is 18.7 Å². The first kappa shape index (κ1) is 18.2. The number of aryl methyl sites for hydroxylation is 4. The lowest BCUT2D eigenvalue weighted by Crippen LogP contribution is -2.35. The molecular weight excluding hydrogens is 328 g/mol. The molecule has 0 bridgehead atoms. The molecule has 3 N–H and O–H groups in total. The smallest absolute Gasteiger partial charge is 0.251 e. The van der Waals surface area contributed by atoms with E-state index in [2.05, 4.69) is 20.2 Å². The molecule has 8 heteroatoms. The van der Waals surface area contributed by atoms with Gasteiger partial charge in [0.25, 0.3) is 5.91 Å². The second-order valence-corrected chi connectivity index (χ2v) is 7.42. The highest BCUT2D eigenvalue weighted by atomic mass is 32.2. The molecule has 1 aromatic carbocycles. The first-order valence-corrected chi connectivity index (χ1v) is 9.07. The number of carbonyl (C=O) groups excluding carboxylic acids is 1. The molecule has 2 aromatic rings. The van der Waals surface area contributed by atoms with Crippen molar-refractivity contribution in [3.8, 4) is 0 Å². The molecule has 0 spiro atoms. The lowest BCUT2D eigenvalue weighted by atomic mass is 10.1. The zero-order valence-corrected chi connectivity index (χ0v) is 15.0. The number of H-pyrrole nitrogens is 1. The van der Waals surface area contributed by atoms with Gasteiger partial charge in [-0.1, -0.05) is 6.07 Å². The molecule has 0 unspecified atom stereocenters. The van der Waals surface area contributed by atoms with Gasteiger partial charge in [0.1, 0.15) is 4.90 Å². The highest BCUT2D eigenvalue weighted by Crippen LogP contribution is 2.15. The van der Waals surface area contributed by atoms with Gasteiger partial charge in [-0.25, -0.2) is 13.1 Å². The molecule has 130 valence electrons. The highest BCUT2D eigenvalue weighted by molar-refractivity contribution is 7.89. The fraction of sp³-hybridized carbons (Fsp3) is 0.375. The van der Waals surface area contributed by atoms with E-state index in [0.717, 1.165) is 11.1 Å². The molecular formula is C16H22N4O3S. The number of nitrogens with one attached hydrogen (secondary N) is 3. The summed E-state index contributed by atoms with van der Waals surface area (Å²) < 4.78 is 27.0. The summed E-state index contributed by atoms with van der Waals surface area (Å²) >= 11 is 0. The van der Waals surface area contributed by atoms with Gasteiger partial charge in [-0.2, -0.15) is 5.10 Å². The zero-order chi connectivity index (χ0) is 17.9. The SMILES string of the molecule is Cc1ccc(C(=O)NCCNS(=O)(=O)c2c(C)n[nH]c2C)cc1C. The number of aromatic amines is 1. The lowest BCUT2D eigenvalue weighted by molar-refractivity contribution is 0.0954. The second-order valence-electron chi connectivity index (χ2n) is 5.72. The van der Waals surface area contributed by atoms with E-state index >= 15 is 0 Å². The summed E-state index contributed by atoms with van der Waals surface area (Å²) in [7, 11) is -3.65. The van der Waals surface area contributed by atoms with E-state index < -0.39 is 10.0 Å². The lowest BCUT2D eigenvalue weighted by Gasteiger charge is -2.09. The normalized spacial score (nSPS) is 11.5. The van der Waals surface area contributed by atoms with E-state index in [4.69, 9.17) is 0 Å². The molecule has 0 saturated carbocycles. The van der Waals surface area contributed by atoms with Crippen LogP contribution in [-0.4, -0.2) is 37.6 Å². The van der Waals surface area contributed by atoms with Gasteiger partial charge in [0.05, 0.1) is 11.4 Å². The molecule has 24 heavy (non-hydrogen) atoms. The fourth-order valence-electron chi connectivity index (χ4n) is 2.35. The molecule has 0 saturated heterocycles. The van der Waals surface area contributed by atoms with E-state index in [-0.39, 0.29) is 23.9 Å². The largest absolute Gasteiger partial charge is 0.351 e. The third-order valence-electron chi connectivity index (χ3n) is 3.80. The van der Waals surface area contributed by atoms with Crippen LogP contribution in [0, 0.1) is 27.7 Å². The van der Waals surface area contributed by atoms with Crippen LogP contribution in [0.3, 0.4) is 0 Å². The first-order chi connectivity index (χ1) is 11.2. The van der Waals surface area contributed by atoms with Crippen LogP contribution < -0.4 is 10.0 Å².